The normalized spacial score (nSPS) is 14.2. The lowest BCUT2D eigenvalue weighted by molar-refractivity contribution is -0.127. The lowest BCUT2D eigenvalue weighted by Crippen LogP contribution is -2.36. The van der Waals surface area contributed by atoms with E-state index >= 15 is 0 Å². The molecule has 6 heteroatoms. The van der Waals surface area contributed by atoms with Crippen molar-refractivity contribution >= 4 is 40.9 Å². The lowest BCUT2D eigenvalue weighted by atomic mass is 10.1. The summed E-state index contributed by atoms with van der Waals surface area (Å²) in [7, 11) is 0. The fourth-order valence-electron chi connectivity index (χ4n) is 2.97. The van der Waals surface area contributed by atoms with Crippen LogP contribution in [-0.4, -0.2) is 18.4 Å². The third kappa shape index (κ3) is 5.26. The molecule has 2 aromatic rings. The molecule has 3 rings (SSSR count). The second-order valence-corrected chi connectivity index (χ2v) is 7.83. The third-order valence-electron chi connectivity index (χ3n) is 4.35. The monoisotopic (exact) mass is 388 g/mol. The van der Waals surface area contributed by atoms with Crippen LogP contribution < -0.4 is 10.6 Å². The number of anilines is 1. The van der Waals surface area contributed by atoms with E-state index in [0.717, 1.165) is 35.5 Å². The minimum atomic E-state index is -0.220. The number of nitrogens with one attached hydrogen (secondary N) is 2. The molecule has 2 amide bonds. The van der Waals surface area contributed by atoms with Crippen LogP contribution in [0.2, 0.25) is 5.02 Å². The lowest BCUT2D eigenvalue weighted by Gasteiger charge is -2.11. The number of rotatable bonds is 6. The van der Waals surface area contributed by atoms with E-state index in [1.165, 1.54) is 0 Å². The van der Waals surface area contributed by atoms with Crippen LogP contribution in [0.5, 0.6) is 0 Å². The van der Waals surface area contributed by atoms with Gasteiger partial charge < -0.3 is 10.6 Å². The predicted octanol–water partition coefficient (Wildman–Crippen LogP) is 4.74. The smallest absolute Gasteiger partial charge is 0.243 e. The van der Waals surface area contributed by atoms with Gasteiger partial charge >= 0.3 is 0 Å². The summed E-state index contributed by atoms with van der Waals surface area (Å²) in [4.78, 5) is 26.0. The van der Waals surface area contributed by atoms with Crippen molar-refractivity contribution in [3.05, 3.63) is 53.6 Å². The van der Waals surface area contributed by atoms with Gasteiger partial charge in [0.15, 0.2) is 0 Å². The summed E-state index contributed by atoms with van der Waals surface area (Å²) in [5, 5.41) is 6.24. The van der Waals surface area contributed by atoms with Crippen molar-refractivity contribution in [1.29, 1.82) is 0 Å². The summed E-state index contributed by atoms with van der Waals surface area (Å²) in [5.74, 6) is -0.157. The van der Waals surface area contributed by atoms with E-state index < -0.39 is 0 Å². The molecular formula is C20H21ClN2O2S. The molecule has 1 saturated carbocycles. The standard InChI is InChI=1S/C20H21ClN2O2S/c21-17-7-3-4-8-18(17)26-16-11-9-15(10-12-16)23-19(24)13-22-20(25)14-5-1-2-6-14/h3-4,7-12,14H,1-2,5-6,13H2,(H,22,25)(H,23,24). The van der Waals surface area contributed by atoms with Gasteiger partial charge in [0.05, 0.1) is 11.6 Å². The van der Waals surface area contributed by atoms with E-state index in [4.69, 9.17) is 11.6 Å². The van der Waals surface area contributed by atoms with Crippen LogP contribution in [-0.2, 0) is 9.59 Å². The van der Waals surface area contributed by atoms with E-state index in [9.17, 15) is 9.59 Å². The second-order valence-electron chi connectivity index (χ2n) is 6.30. The summed E-state index contributed by atoms with van der Waals surface area (Å²) in [6, 6.07) is 15.2. The summed E-state index contributed by atoms with van der Waals surface area (Å²) in [6.07, 6.45) is 4.06. The Kier molecular flexibility index (Phi) is 6.58. The number of hydrogen-bond donors (Lipinski definition) is 2. The maximum Gasteiger partial charge on any atom is 0.243 e. The summed E-state index contributed by atoms with van der Waals surface area (Å²) < 4.78 is 0. The second kappa shape index (κ2) is 9.10. The number of hydrogen-bond acceptors (Lipinski definition) is 3. The molecule has 0 spiro atoms. The number of amides is 2. The highest BCUT2D eigenvalue weighted by Crippen LogP contribution is 2.33. The van der Waals surface area contributed by atoms with Crippen molar-refractivity contribution in [2.75, 3.05) is 11.9 Å². The van der Waals surface area contributed by atoms with Gasteiger partial charge in [0.1, 0.15) is 0 Å². The Balaban J connectivity index is 1.48. The molecule has 2 aromatic carbocycles. The number of halogens is 1. The van der Waals surface area contributed by atoms with Crippen LogP contribution in [0.25, 0.3) is 0 Å². The fraction of sp³-hybridized carbons (Fsp3) is 0.300. The summed E-state index contributed by atoms with van der Waals surface area (Å²) in [6.45, 7) is 0.00541. The van der Waals surface area contributed by atoms with E-state index in [-0.39, 0.29) is 24.3 Å². The van der Waals surface area contributed by atoms with Gasteiger partial charge in [0, 0.05) is 21.4 Å². The molecule has 0 unspecified atom stereocenters. The average Bonchev–Trinajstić information content (AvgIpc) is 3.18. The van der Waals surface area contributed by atoms with Crippen LogP contribution in [0.3, 0.4) is 0 Å². The minimum Gasteiger partial charge on any atom is -0.347 e. The van der Waals surface area contributed by atoms with E-state index in [0.29, 0.717) is 10.7 Å². The van der Waals surface area contributed by atoms with Gasteiger partial charge in [-0.05, 0) is 49.2 Å². The first-order valence-electron chi connectivity index (χ1n) is 8.72. The zero-order chi connectivity index (χ0) is 18.4. The van der Waals surface area contributed by atoms with E-state index in [1.54, 1.807) is 11.8 Å². The first-order chi connectivity index (χ1) is 12.6. The Morgan fingerprint density at radius 3 is 2.42 bits per heavy atom. The Labute approximate surface area is 162 Å². The molecule has 26 heavy (non-hydrogen) atoms. The molecule has 1 aliphatic carbocycles. The first kappa shape index (κ1) is 18.8. The van der Waals surface area contributed by atoms with Crippen molar-refractivity contribution in [2.24, 2.45) is 5.92 Å². The van der Waals surface area contributed by atoms with Crippen LogP contribution in [0.4, 0.5) is 5.69 Å². The minimum absolute atomic E-state index is 0.00541. The highest BCUT2D eigenvalue weighted by molar-refractivity contribution is 7.99. The topological polar surface area (TPSA) is 58.2 Å². The Morgan fingerprint density at radius 1 is 1.04 bits per heavy atom. The zero-order valence-corrected chi connectivity index (χ0v) is 15.9. The molecule has 0 aliphatic heterocycles. The predicted molar refractivity (Wildman–Crippen MR) is 106 cm³/mol. The average molecular weight is 389 g/mol. The number of benzene rings is 2. The van der Waals surface area contributed by atoms with Crippen molar-refractivity contribution < 1.29 is 9.59 Å². The molecule has 0 heterocycles. The summed E-state index contributed by atoms with van der Waals surface area (Å²) in [5.41, 5.74) is 0.702. The molecule has 0 bridgehead atoms. The van der Waals surface area contributed by atoms with Gasteiger partial charge in [-0.1, -0.05) is 48.3 Å². The largest absolute Gasteiger partial charge is 0.347 e. The highest BCUT2D eigenvalue weighted by Gasteiger charge is 2.22. The van der Waals surface area contributed by atoms with Gasteiger partial charge in [-0.15, -0.1) is 0 Å². The van der Waals surface area contributed by atoms with Crippen LogP contribution in [0.15, 0.2) is 58.3 Å². The molecule has 0 atom stereocenters. The van der Waals surface area contributed by atoms with Gasteiger partial charge in [0.2, 0.25) is 11.8 Å². The quantitative estimate of drug-likeness (QED) is 0.751. The maximum atomic E-state index is 12.0. The number of carbonyl (C=O) groups excluding carboxylic acids is 2. The third-order valence-corrected chi connectivity index (χ3v) is 5.88. The maximum absolute atomic E-state index is 12.0. The SMILES string of the molecule is O=C(CNC(=O)C1CCCC1)Nc1ccc(Sc2ccccc2Cl)cc1. The first-order valence-corrected chi connectivity index (χ1v) is 9.91. The van der Waals surface area contributed by atoms with Gasteiger partial charge in [0.25, 0.3) is 0 Å². The van der Waals surface area contributed by atoms with Crippen LogP contribution >= 0.6 is 23.4 Å². The van der Waals surface area contributed by atoms with Gasteiger partial charge in [-0.25, -0.2) is 0 Å². The molecule has 136 valence electrons. The molecule has 4 nitrogen and oxygen atoms in total. The zero-order valence-electron chi connectivity index (χ0n) is 14.3. The van der Waals surface area contributed by atoms with E-state index in [1.807, 2.05) is 48.5 Å². The molecule has 0 saturated heterocycles. The van der Waals surface area contributed by atoms with Gasteiger partial charge in [-0.2, -0.15) is 0 Å². The molecule has 2 N–H and O–H groups in total. The molecular weight excluding hydrogens is 368 g/mol. The molecule has 1 aliphatic rings. The van der Waals surface area contributed by atoms with E-state index in [2.05, 4.69) is 10.6 Å². The van der Waals surface area contributed by atoms with Crippen molar-refractivity contribution in [1.82, 2.24) is 5.32 Å². The highest BCUT2D eigenvalue weighted by atomic mass is 35.5. The fourth-order valence-corrected chi connectivity index (χ4v) is 4.06. The van der Waals surface area contributed by atoms with Gasteiger partial charge in [-0.3, -0.25) is 9.59 Å². The Bertz CT molecular complexity index is 774. The van der Waals surface area contributed by atoms with Crippen molar-refractivity contribution in [2.45, 2.75) is 35.5 Å². The Morgan fingerprint density at radius 2 is 1.73 bits per heavy atom. The van der Waals surface area contributed by atoms with Crippen molar-refractivity contribution in [3.63, 3.8) is 0 Å². The van der Waals surface area contributed by atoms with Crippen LogP contribution in [0, 0.1) is 5.92 Å². The Hall–Kier alpha value is -1.98. The molecule has 0 aromatic heterocycles. The van der Waals surface area contributed by atoms with Crippen molar-refractivity contribution in [3.8, 4) is 0 Å². The number of carbonyl (C=O) groups is 2. The summed E-state index contributed by atoms with van der Waals surface area (Å²) >= 11 is 7.74. The van der Waals surface area contributed by atoms with Crippen LogP contribution in [0.1, 0.15) is 25.7 Å². The molecule has 0 radical (unpaired) electrons. The molecule has 1 fully saturated rings.